The third-order valence-corrected chi connectivity index (χ3v) is 4.00. The molecular formula is C11H5BrCl2FNO3. The zero-order chi connectivity index (χ0) is 14.2. The van der Waals surface area contributed by atoms with Gasteiger partial charge in [-0.15, -0.1) is 11.6 Å². The molecule has 0 bridgehead atoms. The minimum Gasteiger partial charge on any atom is -0.404 e. The predicted octanol–water partition coefficient (Wildman–Crippen LogP) is 5.07. The van der Waals surface area contributed by atoms with E-state index >= 15 is 0 Å². The highest BCUT2D eigenvalue weighted by Crippen LogP contribution is 2.36. The molecule has 1 aromatic carbocycles. The molecule has 2 rings (SSSR count). The molecule has 100 valence electrons. The lowest BCUT2D eigenvalue weighted by atomic mass is 10.1. The van der Waals surface area contributed by atoms with Crippen LogP contribution in [0, 0.1) is 15.9 Å². The van der Waals surface area contributed by atoms with E-state index < -0.39 is 22.0 Å². The molecule has 0 N–H and O–H groups in total. The van der Waals surface area contributed by atoms with Gasteiger partial charge in [0.2, 0.25) is 0 Å². The van der Waals surface area contributed by atoms with Crippen molar-refractivity contribution < 1.29 is 13.7 Å². The van der Waals surface area contributed by atoms with Crippen molar-refractivity contribution in [2.75, 3.05) is 0 Å². The van der Waals surface area contributed by atoms with Gasteiger partial charge in [0.25, 0.3) is 0 Å². The zero-order valence-corrected chi connectivity index (χ0v) is 12.2. The SMILES string of the molecule is O=[N+]([O-])c1ccc(C(Cl)c2cc(Cl)c(Br)cc2F)o1. The highest BCUT2D eigenvalue weighted by molar-refractivity contribution is 9.10. The number of nitro groups is 1. The van der Waals surface area contributed by atoms with Gasteiger partial charge in [-0.25, -0.2) is 4.39 Å². The van der Waals surface area contributed by atoms with Crippen molar-refractivity contribution in [2.45, 2.75) is 5.38 Å². The van der Waals surface area contributed by atoms with Crippen LogP contribution in [0.3, 0.4) is 0 Å². The number of furan rings is 1. The van der Waals surface area contributed by atoms with Crippen LogP contribution < -0.4 is 0 Å². The van der Waals surface area contributed by atoms with E-state index in [-0.39, 0.29) is 16.3 Å². The molecule has 0 radical (unpaired) electrons. The lowest BCUT2D eigenvalue weighted by Crippen LogP contribution is -1.96. The van der Waals surface area contributed by atoms with Crippen LogP contribution in [-0.2, 0) is 0 Å². The number of rotatable bonds is 3. The van der Waals surface area contributed by atoms with Crippen molar-refractivity contribution in [1.82, 2.24) is 0 Å². The lowest BCUT2D eigenvalue weighted by molar-refractivity contribution is -0.402. The van der Waals surface area contributed by atoms with Crippen molar-refractivity contribution in [2.24, 2.45) is 0 Å². The summed E-state index contributed by atoms with van der Waals surface area (Å²) in [7, 11) is 0. The van der Waals surface area contributed by atoms with Gasteiger partial charge in [0.1, 0.15) is 21.9 Å². The standard InChI is InChI=1S/C11H5BrCl2FNO3/c12-6-4-8(15)5(3-7(6)13)11(14)9-1-2-10(19-9)16(17)18/h1-4,11H. The lowest BCUT2D eigenvalue weighted by Gasteiger charge is -2.09. The minimum atomic E-state index is -1.00. The third kappa shape index (κ3) is 2.91. The Morgan fingerprint density at radius 3 is 2.68 bits per heavy atom. The first-order valence-electron chi connectivity index (χ1n) is 4.92. The number of alkyl halides is 1. The van der Waals surface area contributed by atoms with Crippen LogP contribution >= 0.6 is 39.1 Å². The van der Waals surface area contributed by atoms with Crippen molar-refractivity contribution >= 4 is 45.0 Å². The van der Waals surface area contributed by atoms with Crippen LogP contribution in [0.1, 0.15) is 16.7 Å². The van der Waals surface area contributed by atoms with E-state index in [4.69, 9.17) is 27.6 Å². The second kappa shape index (κ2) is 5.48. The van der Waals surface area contributed by atoms with Crippen molar-refractivity contribution in [3.63, 3.8) is 0 Å². The second-order valence-corrected chi connectivity index (χ2v) is 5.28. The van der Waals surface area contributed by atoms with E-state index in [2.05, 4.69) is 15.9 Å². The predicted molar refractivity (Wildman–Crippen MR) is 72.2 cm³/mol. The largest absolute Gasteiger partial charge is 0.433 e. The molecule has 0 aliphatic rings. The number of hydrogen-bond acceptors (Lipinski definition) is 3. The Labute approximate surface area is 125 Å². The number of hydrogen-bond donors (Lipinski definition) is 0. The molecule has 0 spiro atoms. The molecule has 0 aliphatic heterocycles. The first-order valence-corrected chi connectivity index (χ1v) is 6.53. The molecule has 1 atom stereocenters. The summed E-state index contributed by atoms with van der Waals surface area (Å²) in [6, 6.07) is 4.99. The molecule has 0 saturated heterocycles. The Hall–Kier alpha value is -1.11. The van der Waals surface area contributed by atoms with Crippen molar-refractivity contribution in [3.05, 3.63) is 61.0 Å². The smallest absolute Gasteiger partial charge is 0.404 e. The average Bonchev–Trinajstić information content (AvgIpc) is 2.82. The number of benzene rings is 1. The summed E-state index contributed by atoms with van der Waals surface area (Å²) in [6.07, 6.45) is 0. The van der Waals surface area contributed by atoms with Crippen LogP contribution in [-0.4, -0.2) is 4.92 Å². The van der Waals surface area contributed by atoms with Gasteiger partial charge in [-0.1, -0.05) is 11.6 Å². The second-order valence-electron chi connectivity index (χ2n) is 3.58. The number of nitrogens with zero attached hydrogens (tertiary/aromatic N) is 1. The Kier molecular flexibility index (Phi) is 4.13. The molecule has 0 fully saturated rings. The Balaban J connectivity index is 2.40. The van der Waals surface area contributed by atoms with Gasteiger partial charge in [0.05, 0.1) is 11.1 Å². The summed E-state index contributed by atoms with van der Waals surface area (Å²) in [5, 5.41) is 9.79. The first-order chi connectivity index (χ1) is 8.90. The summed E-state index contributed by atoms with van der Waals surface area (Å²) >= 11 is 15.0. The first kappa shape index (κ1) is 14.3. The van der Waals surface area contributed by atoms with E-state index in [9.17, 15) is 14.5 Å². The van der Waals surface area contributed by atoms with Crippen LogP contribution in [0.2, 0.25) is 5.02 Å². The topological polar surface area (TPSA) is 56.3 Å². The average molecular weight is 369 g/mol. The minimum absolute atomic E-state index is 0.0747. The summed E-state index contributed by atoms with van der Waals surface area (Å²) in [5.41, 5.74) is 0.0825. The van der Waals surface area contributed by atoms with E-state index in [0.717, 1.165) is 6.07 Å². The molecule has 1 heterocycles. The van der Waals surface area contributed by atoms with E-state index in [1.54, 1.807) is 0 Å². The van der Waals surface area contributed by atoms with Crippen LogP contribution in [0.15, 0.2) is 33.2 Å². The maximum atomic E-state index is 13.8. The quantitative estimate of drug-likeness (QED) is 0.329. The highest BCUT2D eigenvalue weighted by atomic mass is 79.9. The van der Waals surface area contributed by atoms with Crippen molar-refractivity contribution in [3.8, 4) is 0 Å². The number of halogens is 4. The van der Waals surface area contributed by atoms with Gasteiger partial charge < -0.3 is 4.42 Å². The van der Waals surface area contributed by atoms with Gasteiger partial charge in [0.15, 0.2) is 0 Å². The van der Waals surface area contributed by atoms with Gasteiger partial charge >= 0.3 is 5.88 Å². The van der Waals surface area contributed by atoms with E-state index in [1.165, 1.54) is 18.2 Å². The Morgan fingerprint density at radius 1 is 1.42 bits per heavy atom. The molecule has 0 aliphatic carbocycles. The fourth-order valence-electron chi connectivity index (χ4n) is 1.46. The molecule has 8 heteroatoms. The zero-order valence-electron chi connectivity index (χ0n) is 9.07. The molecule has 19 heavy (non-hydrogen) atoms. The highest BCUT2D eigenvalue weighted by Gasteiger charge is 2.23. The fourth-order valence-corrected chi connectivity index (χ4v) is 2.23. The molecule has 0 saturated carbocycles. The normalized spacial score (nSPS) is 12.4. The third-order valence-electron chi connectivity index (χ3n) is 2.35. The molecular weight excluding hydrogens is 364 g/mol. The van der Waals surface area contributed by atoms with E-state index in [0.29, 0.717) is 4.47 Å². The Morgan fingerprint density at radius 2 is 2.11 bits per heavy atom. The van der Waals surface area contributed by atoms with E-state index in [1.807, 2.05) is 0 Å². The fraction of sp³-hybridized carbons (Fsp3) is 0.0909. The Bertz CT molecular complexity index is 647. The van der Waals surface area contributed by atoms with Crippen LogP contribution in [0.25, 0.3) is 0 Å². The molecule has 2 aromatic rings. The summed E-state index contributed by atoms with van der Waals surface area (Å²) < 4.78 is 19.1. The van der Waals surface area contributed by atoms with Gasteiger partial charge in [-0.05, 0) is 34.1 Å². The monoisotopic (exact) mass is 367 g/mol. The van der Waals surface area contributed by atoms with Gasteiger partial charge in [0, 0.05) is 10.0 Å². The van der Waals surface area contributed by atoms with Gasteiger partial charge in [-0.2, -0.15) is 0 Å². The van der Waals surface area contributed by atoms with Crippen LogP contribution in [0.5, 0.6) is 0 Å². The summed E-state index contributed by atoms with van der Waals surface area (Å²) in [6.45, 7) is 0. The summed E-state index contributed by atoms with van der Waals surface area (Å²) in [5.74, 6) is -0.967. The molecule has 1 aromatic heterocycles. The summed E-state index contributed by atoms with van der Waals surface area (Å²) in [4.78, 5) is 9.81. The van der Waals surface area contributed by atoms with Crippen molar-refractivity contribution in [1.29, 1.82) is 0 Å². The van der Waals surface area contributed by atoms with Gasteiger partial charge in [-0.3, -0.25) is 10.1 Å². The maximum Gasteiger partial charge on any atom is 0.433 e. The maximum absolute atomic E-state index is 13.8. The molecule has 4 nitrogen and oxygen atoms in total. The molecule has 0 amide bonds. The van der Waals surface area contributed by atoms with Crippen LogP contribution in [0.4, 0.5) is 10.3 Å². The molecule has 1 unspecified atom stereocenters.